The Hall–Kier alpha value is -0.900. The third kappa shape index (κ3) is 3.80. The van der Waals surface area contributed by atoms with Crippen LogP contribution in [0, 0.1) is 6.92 Å². The van der Waals surface area contributed by atoms with Crippen LogP contribution in [0.4, 0.5) is 0 Å². The van der Waals surface area contributed by atoms with Crippen LogP contribution in [0.1, 0.15) is 30.9 Å². The first-order valence-electron chi connectivity index (χ1n) is 6.55. The highest BCUT2D eigenvalue weighted by molar-refractivity contribution is 5.30. The van der Waals surface area contributed by atoms with Crippen molar-refractivity contribution in [3.05, 3.63) is 35.4 Å². The van der Waals surface area contributed by atoms with E-state index in [1.807, 2.05) is 31.2 Å². The molecule has 1 rings (SSSR count). The smallest absolute Gasteiger partial charge is 0.0550 e. The van der Waals surface area contributed by atoms with Gasteiger partial charge in [0.05, 0.1) is 13.2 Å². The summed E-state index contributed by atoms with van der Waals surface area (Å²) in [6.07, 6.45) is 1.61. The highest BCUT2D eigenvalue weighted by atomic mass is 16.5. The van der Waals surface area contributed by atoms with E-state index < -0.39 is 5.41 Å². The van der Waals surface area contributed by atoms with E-state index in [0.29, 0.717) is 13.0 Å². The van der Waals surface area contributed by atoms with Crippen molar-refractivity contribution in [2.75, 3.05) is 26.4 Å². The lowest BCUT2D eigenvalue weighted by atomic mass is 9.79. The number of rotatable bonds is 8. The van der Waals surface area contributed by atoms with Crippen molar-refractivity contribution in [2.45, 2.75) is 32.1 Å². The first-order chi connectivity index (χ1) is 8.68. The molecule has 3 nitrogen and oxygen atoms in total. The normalized spacial score (nSPS) is 11.8. The molecule has 0 heterocycles. The summed E-state index contributed by atoms with van der Waals surface area (Å²) in [5.74, 6) is 0. The van der Waals surface area contributed by atoms with Gasteiger partial charge in [0.2, 0.25) is 0 Å². The average molecular weight is 252 g/mol. The number of hydrogen-bond donors (Lipinski definition) is 2. The van der Waals surface area contributed by atoms with Crippen molar-refractivity contribution in [1.82, 2.24) is 0 Å². The lowest BCUT2D eigenvalue weighted by Gasteiger charge is -2.30. The van der Waals surface area contributed by atoms with E-state index in [9.17, 15) is 10.2 Å². The van der Waals surface area contributed by atoms with E-state index in [-0.39, 0.29) is 13.2 Å². The molecule has 0 amide bonds. The molecule has 0 aromatic heterocycles. The maximum Gasteiger partial charge on any atom is 0.0550 e. The Bertz CT molecular complexity index is 345. The van der Waals surface area contributed by atoms with Crippen LogP contribution in [0.2, 0.25) is 0 Å². The van der Waals surface area contributed by atoms with Crippen molar-refractivity contribution >= 4 is 0 Å². The highest BCUT2D eigenvalue weighted by Crippen LogP contribution is 2.28. The second kappa shape index (κ2) is 7.52. The predicted molar refractivity (Wildman–Crippen MR) is 72.8 cm³/mol. The first kappa shape index (κ1) is 15.2. The van der Waals surface area contributed by atoms with Gasteiger partial charge in [-0.15, -0.1) is 0 Å². The molecule has 0 spiro atoms. The molecule has 102 valence electrons. The number of hydrogen-bond acceptors (Lipinski definition) is 3. The molecular weight excluding hydrogens is 228 g/mol. The van der Waals surface area contributed by atoms with E-state index >= 15 is 0 Å². The molecule has 0 aliphatic carbocycles. The summed E-state index contributed by atoms with van der Waals surface area (Å²) in [6.45, 7) is 5.22. The van der Waals surface area contributed by atoms with Gasteiger partial charge in [0.1, 0.15) is 0 Å². The fraction of sp³-hybridized carbons (Fsp3) is 0.600. The molecule has 2 N–H and O–H groups in total. The zero-order valence-corrected chi connectivity index (χ0v) is 11.4. The molecule has 3 heteroatoms. The van der Waals surface area contributed by atoms with Crippen LogP contribution in [0.5, 0.6) is 0 Å². The first-order valence-corrected chi connectivity index (χ1v) is 6.55. The Labute approximate surface area is 109 Å². The van der Waals surface area contributed by atoms with Gasteiger partial charge in [-0.05, 0) is 25.3 Å². The third-order valence-corrected chi connectivity index (χ3v) is 3.31. The summed E-state index contributed by atoms with van der Waals surface area (Å²) in [4.78, 5) is 0. The Morgan fingerprint density at radius 3 is 2.44 bits per heavy atom. The number of benzene rings is 1. The minimum atomic E-state index is -0.597. The van der Waals surface area contributed by atoms with Crippen molar-refractivity contribution in [2.24, 2.45) is 0 Å². The number of ether oxygens (including phenoxy) is 1. The number of aryl methyl sites for hydroxylation is 1. The van der Waals surface area contributed by atoms with Gasteiger partial charge in [-0.1, -0.05) is 36.8 Å². The van der Waals surface area contributed by atoms with Crippen LogP contribution in [-0.4, -0.2) is 36.6 Å². The summed E-state index contributed by atoms with van der Waals surface area (Å²) < 4.78 is 5.47. The van der Waals surface area contributed by atoms with Gasteiger partial charge in [0.25, 0.3) is 0 Å². The summed E-state index contributed by atoms with van der Waals surface area (Å²) in [5, 5.41) is 19.3. The molecular formula is C15H24O3. The van der Waals surface area contributed by atoms with Gasteiger partial charge in [-0.3, -0.25) is 0 Å². The molecule has 0 fully saturated rings. The van der Waals surface area contributed by atoms with Gasteiger partial charge >= 0.3 is 0 Å². The quantitative estimate of drug-likeness (QED) is 0.696. The summed E-state index contributed by atoms with van der Waals surface area (Å²) >= 11 is 0. The fourth-order valence-corrected chi connectivity index (χ4v) is 2.02. The molecule has 0 radical (unpaired) electrons. The molecule has 18 heavy (non-hydrogen) atoms. The van der Waals surface area contributed by atoms with E-state index in [0.717, 1.165) is 24.2 Å². The topological polar surface area (TPSA) is 49.7 Å². The fourth-order valence-electron chi connectivity index (χ4n) is 2.02. The minimum Gasteiger partial charge on any atom is -0.395 e. The largest absolute Gasteiger partial charge is 0.395 e. The maximum atomic E-state index is 9.66. The maximum absolute atomic E-state index is 9.66. The van der Waals surface area contributed by atoms with Crippen molar-refractivity contribution in [1.29, 1.82) is 0 Å². The average Bonchev–Trinajstić information content (AvgIpc) is 2.40. The van der Waals surface area contributed by atoms with E-state index in [4.69, 9.17) is 4.74 Å². The summed E-state index contributed by atoms with van der Waals surface area (Å²) in [5.41, 5.74) is 1.51. The third-order valence-electron chi connectivity index (χ3n) is 3.31. The van der Waals surface area contributed by atoms with Crippen LogP contribution in [0.25, 0.3) is 0 Å². The molecule has 1 aromatic carbocycles. The minimum absolute atomic E-state index is 0.0670. The van der Waals surface area contributed by atoms with Crippen molar-refractivity contribution in [3.63, 3.8) is 0 Å². The Morgan fingerprint density at radius 1 is 1.17 bits per heavy atom. The predicted octanol–water partition coefficient (Wildman–Crippen LogP) is 2.03. The van der Waals surface area contributed by atoms with Crippen molar-refractivity contribution < 1.29 is 14.9 Å². The Kier molecular flexibility index (Phi) is 6.33. The van der Waals surface area contributed by atoms with Gasteiger partial charge in [0.15, 0.2) is 0 Å². The highest BCUT2D eigenvalue weighted by Gasteiger charge is 2.30. The van der Waals surface area contributed by atoms with Gasteiger partial charge in [-0.25, -0.2) is 0 Å². The lowest BCUT2D eigenvalue weighted by molar-refractivity contribution is 0.0627. The SMILES string of the molecule is CCCOCCC(CO)(CO)c1cccc(C)c1. The van der Waals surface area contributed by atoms with E-state index in [1.165, 1.54) is 0 Å². The standard InChI is InChI=1S/C15H24O3/c1-3-8-18-9-7-15(11-16,12-17)14-6-4-5-13(2)10-14/h4-6,10,16-17H,3,7-9,11-12H2,1-2H3. The molecule has 0 aliphatic rings. The Balaban J connectivity index is 2.79. The molecule has 0 aliphatic heterocycles. The monoisotopic (exact) mass is 252 g/mol. The second-order valence-corrected chi connectivity index (χ2v) is 4.83. The van der Waals surface area contributed by atoms with Crippen LogP contribution in [-0.2, 0) is 10.2 Å². The molecule has 1 aromatic rings. The molecule has 0 bridgehead atoms. The summed E-state index contributed by atoms with van der Waals surface area (Å²) in [6, 6.07) is 7.94. The number of aliphatic hydroxyl groups excluding tert-OH is 2. The zero-order valence-electron chi connectivity index (χ0n) is 11.4. The Morgan fingerprint density at radius 2 is 1.89 bits per heavy atom. The van der Waals surface area contributed by atoms with Gasteiger partial charge < -0.3 is 14.9 Å². The van der Waals surface area contributed by atoms with Crippen LogP contribution >= 0.6 is 0 Å². The van der Waals surface area contributed by atoms with Crippen LogP contribution in [0.15, 0.2) is 24.3 Å². The van der Waals surface area contributed by atoms with Crippen LogP contribution < -0.4 is 0 Å². The molecule has 0 atom stereocenters. The zero-order chi connectivity index (χ0) is 13.4. The molecule has 0 unspecified atom stereocenters. The summed E-state index contributed by atoms with van der Waals surface area (Å²) in [7, 11) is 0. The second-order valence-electron chi connectivity index (χ2n) is 4.83. The number of aliphatic hydroxyl groups is 2. The molecule has 0 saturated carbocycles. The van der Waals surface area contributed by atoms with E-state index in [2.05, 4.69) is 6.92 Å². The van der Waals surface area contributed by atoms with E-state index in [1.54, 1.807) is 0 Å². The van der Waals surface area contributed by atoms with Crippen molar-refractivity contribution in [3.8, 4) is 0 Å². The molecule has 0 saturated heterocycles. The lowest BCUT2D eigenvalue weighted by Crippen LogP contribution is -2.36. The van der Waals surface area contributed by atoms with Gasteiger partial charge in [-0.2, -0.15) is 0 Å². The van der Waals surface area contributed by atoms with Gasteiger partial charge in [0, 0.05) is 18.6 Å². The van der Waals surface area contributed by atoms with Crippen LogP contribution in [0.3, 0.4) is 0 Å².